The summed E-state index contributed by atoms with van der Waals surface area (Å²) in [6.07, 6.45) is 6.33. The Hall–Kier alpha value is -1.64. The lowest BCUT2D eigenvalue weighted by molar-refractivity contribution is 1.04. The van der Waals surface area contributed by atoms with Gasteiger partial charge in [-0.05, 0) is 17.8 Å². The highest BCUT2D eigenvalue weighted by Crippen LogP contribution is 2.31. The molecule has 2 heterocycles. The van der Waals surface area contributed by atoms with Gasteiger partial charge in [0.2, 0.25) is 0 Å². The number of nitrogens with zero attached hydrogens (tertiary/aromatic N) is 4. The van der Waals surface area contributed by atoms with Gasteiger partial charge in [0.15, 0.2) is 0 Å². The monoisotopic (exact) mass is 248 g/mol. The predicted octanol–water partition coefficient (Wildman–Crippen LogP) is 2.55. The zero-order chi connectivity index (χ0) is 11.4. The highest BCUT2D eigenvalue weighted by Gasteiger charge is 2.09. The Kier molecular flexibility index (Phi) is 3.34. The Morgan fingerprint density at radius 3 is 2.81 bits per heavy atom. The van der Waals surface area contributed by atoms with Crippen LogP contribution in [0.4, 0.5) is 0 Å². The van der Waals surface area contributed by atoms with Crippen LogP contribution in [-0.4, -0.2) is 15.0 Å². The van der Waals surface area contributed by atoms with Gasteiger partial charge < -0.3 is 0 Å². The maximum Gasteiger partial charge on any atom is 0.122 e. The van der Waals surface area contributed by atoms with Gasteiger partial charge in [-0.25, -0.2) is 9.97 Å². The number of nitriles is 1. The minimum atomic E-state index is 0.348. The van der Waals surface area contributed by atoms with E-state index >= 15 is 0 Å². The van der Waals surface area contributed by atoms with Crippen LogP contribution in [-0.2, 0) is 0 Å². The first-order valence-electron chi connectivity index (χ1n) is 4.29. The summed E-state index contributed by atoms with van der Waals surface area (Å²) in [5.74, 6) is 0. The average molecular weight is 249 g/mol. The van der Waals surface area contributed by atoms with Crippen LogP contribution in [0.3, 0.4) is 0 Å². The third-order valence-corrected chi connectivity index (χ3v) is 3.14. The quantitative estimate of drug-likeness (QED) is 0.817. The van der Waals surface area contributed by atoms with Gasteiger partial charge in [-0.1, -0.05) is 11.6 Å². The topological polar surface area (TPSA) is 62.5 Å². The summed E-state index contributed by atoms with van der Waals surface area (Å²) in [6.45, 7) is 0. The van der Waals surface area contributed by atoms with Crippen molar-refractivity contribution in [2.75, 3.05) is 0 Å². The molecule has 0 aliphatic rings. The third kappa shape index (κ3) is 2.30. The van der Waals surface area contributed by atoms with Crippen LogP contribution in [0, 0.1) is 11.3 Å². The van der Waals surface area contributed by atoms with Gasteiger partial charge in [-0.15, -0.1) is 0 Å². The SMILES string of the molecule is N#Cc1ccnc(Sc2cnccn2)c1Cl. The van der Waals surface area contributed by atoms with E-state index in [-0.39, 0.29) is 0 Å². The van der Waals surface area contributed by atoms with Crippen LogP contribution in [0.2, 0.25) is 5.02 Å². The number of pyridine rings is 1. The fourth-order valence-electron chi connectivity index (χ4n) is 1.02. The molecule has 4 nitrogen and oxygen atoms in total. The molecule has 0 aliphatic carbocycles. The van der Waals surface area contributed by atoms with Crippen molar-refractivity contribution in [3.63, 3.8) is 0 Å². The summed E-state index contributed by atoms with van der Waals surface area (Å²) in [7, 11) is 0. The molecule has 0 amide bonds. The van der Waals surface area contributed by atoms with Crippen LogP contribution >= 0.6 is 23.4 Å². The van der Waals surface area contributed by atoms with E-state index < -0.39 is 0 Å². The second-order valence-electron chi connectivity index (χ2n) is 2.74. The maximum atomic E-state index is 8.81. The average Bonchev–Trinajstić information content (AvgIpc) is 2.33. The van der Waals surface area contributed by atoms with E-state index in [1.807, 2.05) is 6.07 Å². The van der Waals surface area contributed by atoms with Gasteiger partial charge in [-0.2, -0.15) is 5.26 Å². The largest absolute Gasteiger partial charge is 0.260 e. The molecule has 2 aromatic rings. The first kappa shape index (κ1) is 10.9. The number of aromatic nitrogens is 3. The molecule has 16 heavy (non-hydrogen) atoms. The maximum absolute atomic E-state index is 8.81. The molecule has 0 aliphatic heterocycles. The number of rotatable bonds is 2. The van der Waals surface area contributed by atoms with Gasteiger partial charge in [0.05, 0.1) is 16.8 Å². The minimum absolute atomic E-state index is 0.348. The van der Waals surface area contributed by atoms with E-state index in [1.54, 1.807) is 30.9 Å². The van der Waals surface area contributed by atoms with Gasteiger partial charge in [0.25, 0.3) is 0 Å². The van der Waals surface area contributed by atoms with Crippen molar-refractivity contribution >= 4 is 23.4 Å². The molecule has 6 heteroatoms. The number of hydrogen-bond acceptors (Lipinski definition) is 5. The molecule has 0 spiro atoms. The van der Waals surface area contributed by atoms with Crippen LogP contribution in [0.25, 0.3) is 0 Å². The Bertz CT molecular complexity index is 538. The summed E-state index contributed by atoms with van der Waals surface area (Å²) in [5.41, 5.74) is 0.406. The Morgan fingerprint density at radius 2 is 2.12 bits per heavy atom. The molecule has 0 unspecified atom stereocenters. The van der Waals surface area contributed by atoms with Gasteiger partial charge in [-0.3, -0.25) is 4.98 Å². The molecule has 2 aromatic heterocycles. The van der Waals surface area contributed by atoms with Crippen molar-refractivity contribution in [3.8, 4) is 6.07 Å². The first-order valence-corrected chi connectivity index (χ1v) is 5.49. The second kappa shape index (κ2) is 4.92. The Balaban J connectivity index is 2.33. The smallest absolute Gasteiger partial charge is 0.122 e. The van der Waals surface area contributed by atoms with E-state index in [0.717, 1.165) is 0 Å². The highest BCUT2D eigenvalue weighted by molar-refractivity contribution is 7.99. The van der Waals surface area contributed by atoms with Gasteiger partial charge in [0, 0.05) is 18.6 Å². The van der Waals surface area contributed by atoms with Crippen molar-refractivity contribution in [3.05, 3.63) is 41.4 Å². The number of hydrogen-bond donors (Lipinski definition) is 0. The molecule has 0 radical (unpaired) electrons. The molecule has 0 saturated heterocycles. The van der Waals surface area contributed by atoms with Crippen molar-refractivity contribution < 1.29 is 0 Å². The molecule has 0 bridgehead atoms. The highest BCUT2D eigenvalue weighted by atomic mass is 35.5. The molecular weight excluding hydrogens is 244 g/mol. The van der Waals surface area contributed by atoms with Crippen LogP contribution in [0.1, 0.15) is 5.56 Å². The first-order chi connectivity index (χ1) is 7.81. The Labute approximate surface area is 101 Å². The van der Waals surface area contributed by atoms with Crippen molar-refractivity contribution in [1.82, 2.24) is 15.0 Å². The third-order valence-electron chi connectivity index (χ3n) is 1.72. The predicted molar refractivity (Wildman–Crippen MR) is 60.1 cm³/mol. The fraction of sp³-hybridized carbons (Fsp3) is 0. The normalized spacial score (nSPS) is 9.75. The van der Waals surface area contributed by atoms with E-state index in [4.69, 9.17) is 16.9 Å². The molecule has 0 fully saturated rings. The van der Waals surface area contributed by atoms with E-state index in [2.05, 4.69) is 15.0 Å². The molecule has 0 N–H and O–H groups in total. The van der Waals surface area contributed by atoms with Gasteiger partial charge in [0.1, 0.15) is 16.1 Å². The molecule has 78 valence electrons. The van der Waals surface area contributed by atoms with Crippen LogP contribution in [0.5, 0.6) is 0 Å². The van der Waals surface area contributed by atoms with Crippen LogP contribution < -0.4 is 0 Å². The molecular formula is C10H5ClN4S. The lowest BCUT2D eigenvalue weighted by Crippen LogP contribution is -1.87. The molecule has 0 saturated carbocycles. The lowest BCUT2D eigenvalue weighted by atomic mass is 10.3. The summed E-state index contributed by atoms with van der Waals surface area (Å²) in [6, 6.07) is 3.57. The zero-order valence-corrected chi connectivity index (χ0v) is 9.53. The minimum Gasteiger partial charge on any atom is -0.260 e. The van der Waals surface area contributed by atoms with Crippen molar-refractivity contribution in [1.29, 1.82) is 5.26 Å². The second-order valence-corrected chi connectivity index (χ2v) is 4.12. The van der Waals surface area contributed by atoms with Gasteiger partial charge >= 0.3 is 0 Å². The van der Waals surface area contributed by atoms with E-state index in [1.165, 1.54) is 11.8 Å². The zero-order valence-electron chi connectivity index (χ0n) is 7.96. The summed E-state index contributed by atoms with van der Waals surface area (Å²) in [4.78, 5) is 12.1. The molecule has 0 atom stereocenters. The van der Waals surface area contributed by atoms with Crippen LogP contribution in [0.15, 0.2) is 40.9 Å². The van der Waals surface area contributed by atoms with Crippen molar-refractivity contribution in [2.45, 2.75) is 10.1 Å². The molecule has 0 aromatic carbocycles. The fourth-order valence-corrected chi connectivity index (χ4v) is 2.03. The summed E-state index contributed by atoms with van der Waals surface area (Å²) in [5, 5.41) is 10.4. The van der Waals surface area contributed by atoms with E-state index in [9.17, 15) is 0 Å². The lowest BCUT2D eigenvalue weighted by Gasteiger charge is -2.02. The van der Waals surface area contributed by atoms with Crippen molar-refractivity contribution in [2.24, 2.45) is 0 Å². The number of halogens is 1. The summed E-state index contributed by atoms with van der Waals surface area (Å²) >= 11 is 7.28. The molecule has 2 rings (SSSR count). The van der Waals surface area contributed by atoms with E-state index in [0.29, 0.717) is 20.6 Å². The standard InChI is InChI=1S/C10H5ClN4S/c11-9-7(5-12)1-2-15-10(9)16-8-6-13-3-4-14-8/h1-4,6H. The summed E-state index contributed by atoms with van der Waals surface area (Å²) < 4.78 is 0. The Morgan fingerprint density at radius 1 is 1.25 bits per heavy atom.